The fourth-order valence-electron chi connectivity index (χ4n) is 2.93. The molecule has 0 saturated carbocycles. The monoisotopic (exact) mass is 498 g/mol. The highest BCUT2D eigenvalue weighted by Crippen LogP contribution is 2.38. The average Bonchev–Trinajstić information content (AvgIpc) is 3.15. The highest BCUT2D eigenvalue weighted by atomic mass is 32.1. The number of thiazole rings is 1. The van der Waals surface area contributed by atoms with E-state index in [0.29, 0.717) is 5.75 Å². The molecule has 1 heterocycles. The number of benzene rings is 2. The van der Waals surface area contributed by atoms with E-state index >= 15 is 0 Å². The van der Waals surface area contributed by atoms with E-state index in [2.05, 4.69) is 9.72 Å². The lowest BCUT2D eigenvalue weighted by molar-refractivity contribution is -0.275. The summed E-state index contributed by atoms with van der Waals surface area (Å²) in [6, 6.07) is 7.66. The van der Waals surface area contributed by atoms with Crippen molar-refractivity contribution in [1.29, 1.82) is 0 Å². The zero-order valence-electron chi connectivity index (χ0n) is 17.7. The molecule has 3 aromatic rings. The number of nitrogens with zero attached hydrogens (tertiary/aromatic N) is 2. The fourth-order valence-corrected chi connectivity index (χ4v) is 3.98. The van der Waals surface area contributed by atoms with E-state index in [0.717, 1.165) is 34.4 Å². The van der Waals surface area contributed by atoms with Crippen molar-refractivity contribution in [2.45, 2.75) is 19.3 Å². The maximum absolute atomic E-state index is 14.3. The molecular weight excluding hydrogens is 480 g/mol. The van der Waals surface area contributed by atoms with Gasteiger partial charge in [-0.3, -0.25) is 9.59 Å². The van der Waals surface area contributed by atoms with Crippen LogP contribution in [0.3, 0.4) is 0 Å². The standard InChI is InChI=1S/C21H18F4N4O4S/c1-10(19(27)31)29(12-5-8-15(14(22)9-12)33-21(23,24)25)20-28-18(26)17(34-20)16(30)11-3-6-13(32-2)7-4-11/h3-10H,26H2,1-2H3,(H2,27,31). The molecule has 2 aromatic carbocycles. The summed E-state index contributed by atoms with van der Waals surface area (Å²) in [5.74, 6) is -3.31. The summed E-state index contributed by atoms with van der Waals surface area (Å²) < 4.78 is 60.4. The summed E-state index contributed by atoms with van der Waals surface area (Å²) in [5.41, 5.74) is 11.6. The number of ketones is 1. The third kappa shape index (κ3) is 5.36. The largest absolute Gasteiger partial charge is 0.573 e. The van der Waals surface area contributed by atoms with E-state index in [9.17, 15) is 27.2 Å². The van der Waals surface area contributed by atoms with Gasteiger partial charge in [0.25, 0.3) is 0 Å². The van der Waals surface area contributed by atoms with Crippen molar-refractivity contribution in [1.82, 2.24) is 4.98 Å². The van der Waals surface area contributed by atoms with E-state index in [-0.39, 0.29) is 27.1 Å². The van der Waals surface area contributed by atoms with Gasteiger partial charge >= 0.3 is 6.36 Å². The Morgan fingerprint density at radius 3 is 2.32 bits per heavy atom. The van der Waals surface area contributed by atoms with Crippen molar-refractivity contribution < 1.29 is 36.6 Å². The van der Waals surface area contributed by atoms with Crippen molar-refractivity contribution in [3.8, 4) is 11.5 Å². The van der Waals surface area contributed by atoms with Gasteiger partial charge in [-0.25, -0.2) is 9.37 Å². The third-order valence-electron chi connectivity index (χ3n) is 4.62. The van der Waals surface area contributed by atoms with Crippen LogP contribution in [-0.2, 0) is 4.79 Å². The Kier molecular flexibility index (Phi) is 6.96. The normalized spacial score (nSPS) is 12.2. The lowest BCUT2D eigenvalue weighted by atomic mass is 10.1. The van der Waals surface area contributed by atoms with E-state index < -0.39 is 35.7 Å². The Morgan fingerprint density at radius 1 is 1.15 bits per heavy atom. The van der Waals surface area contributed by atoms with Crippen LogP contribution >= 0.6 is 11.3 Å². The molecule has 1 atom stereocenters. The van der Waals surface area contributed by atoms with Gasteiger partial charge in [-0.1, -0.05) is 11.3 Å². The van der Waals surface area contributed by atoms with Gasteiger partial charge in [0.15, 0.2) is 16.7 Å². The minimum atomic E-state index is -5.09. The number of hydrogen-bond acceptors (Lipinski definition) is 8. The van der Waals surface area contributed by atoms with Gasteiger partial charge in [-0.15, -0.1) is 13.2 Å². The molecule has 8 nitrogen and oxygen atoms in total. The highest BCUT2D eigenvalue weighted by Gasteiger charge is 2.33. The number of halogens is 4. The molecule has 1 amide bonds. The molecule has 180 valence electrons. The molecule has 0 saturated heterocycles. The number of nitrogens with two attached hydrogens (primary N) is 2. The van der Waals surface area contributed by atoms with Crippen molar-refractivity contribution in [3.05, 3.63) is 58.7 Å². The van der Waals surface area contributed by atoms with Crippen LogP contribution in [0.1, 0.15) is 22.2 Å². The van der Waals surface area contributed by atoms with E-state index in [4.69, 9.17) is 16.2 Å². The summed E-state index contributed by atoms with van der Waals surface area (Å²) in [6.45, 7) is 1.38. The second kappa shape index (κ2) is 9.55. The molecular formula is C21H18F4N4O4S. The number of aromatic nitrogens is 1. The molecule has 0 fully saturated rings. The average molecular weight is 498 g/mol. The molecule has 0 aliphatic rings. The third-order valence-corrected chi connectivity index (χ3v) is 5.69. The minimum Gasteiger partial charge on any atom is -0.497 e. The highest BCUT2D eigenvalue weighted by molar-refractivity contribution is 7.18. The van der Waals surface area contributed by atoms with Crippen LogP contribution in [0.5, 0.6) is 11.5 Å². The summed E-state index contributed by atoms with van der Waals surface area (Å²) >= 11 is 0.809. The first kappa shape index (κ1) is 24.8. The van der Waals surface area contributed by atoms with Crippen molar-refractivity contribution in [3.63, 3.8) is 0 Å². The second-order valence-corrected chi connectivity index (χ2v) is 7.86. The number of anilines is 3. The molecule has 4 N–H and O–H groups in total. The summed E-state index contributed by atoms with van der Waals surface area (Å²) in [6.07, 6.45) is -5.09. The van der Waals surface area contributed by atoms with Crippen molar-refractivity contribution in [2.24, 2.45) is 5.73 Å². The van der Waals surface area contributed by atoms with Gasteiger partial charge in [0.1, 0.15) is 22.5 Å². The number of carbonyl (C=O) groups excluding carboxylic acids is 2. The number of alkyl halides is 3. The van der Waals surface area contributed by atoms with Crippen LogP contribution in [0, 0.1) is 5.82 Å². The maximum atomic E-state index is 14.3. The van der Waals surface area contributed by atoms with Crippen LogP contribution in [-0.4, -0.2) is 36.2 Å². The maximum Gasteiger partial charge on any atom is 0.573 e. The zero-order valence-corrected chi connectivity index (χ0v) is 18.5. The number of rotatable bonds is 8. The van der Waals surface area contributed by atoms with Crippen molar-refractivity contribution in [2.75, 3.05) is 17.7 Å². The van der Waals surface area contributed by atoms with Crippen molar-refractivity contribution >= 4 is 39.7 Å². The molecule has 0 aliphatic heterocycles. The first-order valence-electron chi connectivity index (χ1n) is 9.50. The second-order valence-electron chi connectivity index (χ2n) is 6.88. The summed E-state index contributed by atoms with van der Waals surface area (Å²) in [7, 11) is 1.48. The SMILES string of the molecule is COc1ccc(C(=O)c2sc(N(c3ccc(OC(F)(F)F)c(F)c3)C(C)C(N)=O)nc2N)cc1. The Bertz CT molecular complexity index is 1210. The summed E-state index contributed by atoms with van der Waals surface area (Å²) in [5, 5.41) is 0.00421. The van der Waals surface area contributed by atoms with Crippen LogP contribution < -0.4 is 25.8 Å². The van der Waals surface area contributed by atoms with Crippen LogP contribution in [0.2, 0.25) is 0 Å². The first-order chi connectivity index (χ1) is 15.9. The molecule has 13 heteroatoms. The van der Waals surface area contributed by atoms with Gasteiger partial charge in [0.2, 0.25) is 11.7 Å². The number of primary amides is 1. The van der Waals surface area contributed by atoms with E-state index in [1.165, 1.54) is 26.2 Å². The number of hydrogen-bond donors (Lipinski definition) is 2. The van der Waals surface area contributed by atoms with Gasteiger partial charge in [0.05, 0.1) is 7.11 Å². The van der Waals surface area contributed by atoms with Crippen LogP contribution in [0.15, 0.2) is 42.5 Å². The number of ether oxygens (including phenoxy) is 2. The molecule has 34 heavy (non-hydrogen) atoms. The topological polar surface area (TPSA) is 121 Å². The predicted molar refractivity (Wildman–Crippen MR) is 117 cm³/mol. The number of methoxy groups -OCH3 is 1. The molecule has 1 unspecified atom stereocenters. The summed E-state index contributed by atoms with van der Waals surface area (Å²) in [4.78, 5) is 30.2. The first-order valence-corrected chi connectivity index (χ1v) is 10.3. The Hall–Kier alpha value is -3.87. The molecule has 0 aliphatic carbocycles. The lowest BCUT2D eigenvalue weighted by Gasteiger charge is -2.27. The smallest absolute Gasteiger partial charge is 0.497 e. The molecule has 3 rings (SSSR count). The number of nitrogen functional groups attached to an aromatic ring is 1. The number of amides is 1. The Balaban J connectivity index is 2.01. The van der Waals surface area contributed by atoms with E-state index in [1.807, 2.05) is 0 Å². The minimum absolute atomic E-state index is 0.00421. The van der Waals surface area contributed by atoms with Gasteiger partial charge in [0, 0.05) is 17.3 Å². The quantitative estimate of drug-likeness (QED) is 0.356. The van der Waals surface area contributed by atoms with Gasteiger partial charge in [-0.2, -0.15) is 0 Å². The molecule has 0 spiro atoms. The van der Waals surface area contributed by atoms with Gasteiger partial charge in [-0.05, 0) is 43.3 Å². The molecule has 0 bridgehead atoms. The number of carbonyl (C=O) groups is 2. The van der Waals surface area contributed by atoms with Crippen LogP contribution in [0.4, 0.5) is 34.2 Å². The van der Waals surface area contributed by atoms with Gasteiger partial charge < -0.3 is 25.8 Å². The fraction of sp³-hybridized carbons (Fsp3) is 0.190. The molecule has 0 radical (unpaired) electrons. The zero-order chi connectivity index (χ0) is 25.2. The molecule has 1 aromatic heterocycles. The Labute approximate surface area is 194 Å². The van der Waals surface area contributed by atoms with E-state index in [1.54, 1.807) is 12.1 Å². The Morgan fingerprint density at radius 2 is 1.79 bits per heavy atom. The lowest BCUT2D eigenvalue weighted by Crippen LogP contribution is -2.40. The predicted octanol–water partition coefficient (Wildman–Crippen LogP) is 4.01. The van der Waals surface area contributed by atoms with Crippen LogP contribution in [0.25, 0.3) is 0 Å².